The molecule has 0 amide bonds. The third kappa shape index (κ3) is 1.68. The number of piperidine rings is 2. The first-order valence-electron chi connectivity index (χ1n) is 5.85. The van der Waals surface area contributed by atoms with Crippen LogP contribution < -0.4 is 5.73 Å². The first kappa shape index (κ1) is 9.37. The lowest BCUT2D eigenvalue weighted by Crippen LogP contribution is -2.61. The number of rotatable bonds is 2. The molecule has 2 atom stereocenters. The van der Waals surface area contributed by atoms with Crippen molar-refractivity contribution in [1.82, 2.24) is 4.90 Å². The first-order chi connectivity index (χ1) is 7.33. The predicted octanol–water partition coefficient (Wildman–Crippen LogP) is 1.47. The van der Waals surface area contributed by atoms with Crippen molar-refractivity contribution in [3.63, 3.8) is 0 Å². The van der Waals surface area contributed by atoms with Gasteiger partial charge in [-0.15, -0.1) is 0 Å². The summed E-state index contributed by atoms with van der Waals surface area (Å²) in [5.41, 5.74) is 7.48. The van der Waals surface area contributed by atoms with Gasteiger partial charge >= 0.3 is 0 Å². The predicted molar refractivity (Wildman–Crippen MR) is 61.3 cm³/mol. The van der Waals surface area contributed by atoms with Gasteiger partial charge in [-0.2, -0.15) is 0 Å². The van der Waals surface area contributed by atoms with E-state index in [0.29, 0.717) is 6.04 Å². The van der Waals surface area contributed by atoms with Crippen LogP contribution in [-0.4, -0.2) is 24.0 Å². The second kappa shape index (κ2) is 3.62. The van der Waals surface area contributed by atoms with Crippen LogP contribution in [0.4, 0.5) is 0 Å². The highest BCUT2D eigenvalue weighted by molar-refractivity contribution is 5.15. The van der Waals surface area contributed by atoms with E-state index in [2.05, 4.69) is 35.2 Å². The average molecular weight is 202 g/mol. The van der Waals surface area contributed by atoms with E-state index in [1.165, 1.54) is 25.1 Å². The molecule has 1 aromatic carbocycles. The van der Waals surface area contributed by atoms with Crippen molar-refractivity contribution < 1.29 is 0 Å². The molecule has 0 radical (unpaired) electrons. The van der Waals surface area contributed by atoms with Gasteiger partial charge in [0.1, 0.15) is 0 Å². The zero-order valence-corrected chi connectivity index (χ0v) is 8.97. The van der Waals surface area contributed by atoms with Gasteiger partial charge in [0.05, 0.1) is 0 Å². The Morgan fingerprint density at radius 2 is 1.80 bits per heavy atom. The maximum Gasteiger partial charge on any atom is 0.0233 e. The molecule has 0 aromatic heterocycles. The van der Waals surface area contributed by atoms with Gasteiger partial charge in [-0.3, -0.25) is 4.90 Å². The highest BCUT2D eigenvalue weighted by Crippen LogP contribution is 2.38. The quantitative estimate of drug-likeness (QED) is 0.787. The average Bonchev–Trinajstić information content (AvgIpc) is 2.30. The van der Waals surface area contributed by atoms with E-state index in [9.17, 15) is 0 Å². The minimum atomic E-state index is 0.497. The minimum Gasteiger partial charge on any atom is -0.327 e. The van der Waals surface area contributed by atoms with Gasteiger partial charge in [-0.05, 0) is 23.8 Å². The van der Waals surface area contributed by atoms with E-state index in [1.807, 2.05) is 0 Å². The molecular weight excluding hydrogens is 184 g/mol. The summed E-state index contributed by atoms with van der Waals surface area (Å²) in [6.45, 7) is 3.50. The Hall–Kier alpha value is -0.860. The Balaban J connectivity index is 1.62. The lowest BCUT2D eigenvalue weighted by molar-refractivity contribution is -0.00139. The number of nitrogens with two attached hydrogens (primary N) is 1. The van der Waals surface area contributed by atoms with Crippen LogP contribution in [0.3, 0.4) is 0 Å². The summed E-state index contributed by atoms with van der Waals surface area (Å²) in [5, 5.41) is 0. The number of hydrogen-bond donors (Lipinski definition) is 1. The molecule has 4 rings (SSSR count). The molecule has 0 unspecified atom stereocenters. The van der Waals surface area contributed by atoms with Crippen LogP contribution in [0.1, 0.15) is 12.0 Å². The lowest BCUT2D eigenvalue weighted by atomic mass is 9.67. The molecule has 3 aliphatic rings. The van der Waals surface area contributed by atoms with Crippen molar-refractivity contribution in [2.75, 3.05) is 13.1 Å². The molecule has 1 aliphatic carbocycles. The van der Waals surface area contributed by atoms with E-state index in [1.54, 1.807) is 0 Å². The third-order valence-electron chi connectivity index (χ3n) is 3.93. The van der Waals surface area contributed by atoms with E-state index in [4.69, 9.17) is 5.73 Å². The summed E-state index contributed by atoms with van der Waals surface area (Å²) >= 11 is 0. The summed E-state index contributed by atoms with van der Waals surface area (Å²) in [6.07, 6.45) is 1.37. The Labute approximate surface area is 91.1 Å². The van der Waals surface area contributed by atoms with Gasteiger partial charge in [0.2, 0.25) is 0 Å². The number of hydrogen-bond acceptors (Lipinski definition) is 2. The van der Waals surface area contributed by atoms with Gasteiger partial charge in [0.25, 0.3) is 0 Å². The zero-order valence-electron chi connectivity index (χ0n) is 8.97. The van der Waals surface area contributed by atoms with Gasteiger partial charge in [0, 0.05) is 25.7 Å². The van der Waals surface area contributed by atoms with Crippen molar-refractivity contribution in [3.8, 4) is 0 Å². The highest BCUT2D eigenvalue weighted by atomic mass is 15.2. The second-order valence-electron chi connectivity index (χ2n) is 5.01. The fourth-order valence-electron chi connectivity index (χ4n) is 2.99. The van der Waals surface area contributed by atoms with E-state index in [0.717, 1.165) is 18.4 Å². The molecule has 2 heterocycles. The maximum absolute atomic E-state index is 6.06. The van der Waals surface area contributed by atoms with Gasteiger partial charge < -0.3 is 5.73 Å². The fraction of sp³-hybridized carbons (Fsp3) is 0.538. The van der Waals surface area contributed by atoms with Crippen molar-refractivity contribution in [1.29, 1.82) is 0 Å². The zero-order chi connectivity index (χ0) is 10.3. The molecule has 1 aromatic rings. The fourth-order valence-corrected chi connectivity index (χ4v) is 2.99. The number of benzene rings is 1. The number of fused-ring (bicyclic) bond motifs is 2. The van der Waals surface area contributed by atoms with Crippen LogP contribution in [0.2, 0.25) is 0 Å². The molecular formula is C13H18N2. The van der Waals surface area contributed by atoms with E-state index in [-0.39, 0.29) is 0 Å². The van der Waals surface area contributed by atoms with Crippen LogP contribution in [-0.2, 0) is 6.54 Å². The van der Waals surface area contributed by atoms with Crippen molar-refractivity contribution in [2.45, 2.75) is 19.0 Å². The smallest absolute Gasteiger partial charge is 0.0233 e. The second-order valence-corrected chi connectivity index (χ2v) is 5.01. The normalized spacial score (nSPS) is 34.9. The van der Waals surface area contributed by atoms with Crippen LogP contribution >= 0.6 is 0 Å². The summed E-state index contributed by atoms with van der Waals surface area (Å²) < 4.78 is 0. The Kier molecular flexibility index (Phi) is 2.26. The molecule has 2 nitrogen and oxygen atoms in total. The van der Waals surface area contributed by atoms with Gasteiger partial charge in [-0.1, -0.05) is 30.3 Å². The monoisotopic (exact) mass is 202 g/mol. The van der Waals surface area contributed by atoms with Crippen LogP contribution in [0.25, 0.3) is 0 Å². The Bertz CT molecular complexity index is 324. The van der Waals surface area contributed by atoms with Crippen molar-refractivity contribution in [3.05, 3.63) is 35.9 Å². The first-order valence-corrected chi connectivity index (χ1v) is 5.85. The number of nitrogens with zero attached hydrogens (tertiary/aromatic N) is 1. The molecule has 2 aliphatic heterocycles. The largest absolute Gasteiger partial charge is 0.327 e. The molecule has 2 bridgehead atoms. The molecule has 15 heavy (non-hydrogen) atoms. The topological polar surface area (TPSA) is 29.3 Å². The Morgan fingerprint density at radius 3 is 2.40 bits per heavy atom. The van der Waals surface area contributed by atoms with Gasteiger partial charge in [-0.25, -0.2) is 0 Å². The third-order valence-corrected chi connectivity index (χ3v) is 3.93. The van der Waals surface area contributed by atoms with Crippen molar-refractivity contribution >= 4 is 0 Å². The van der Waals surface area contributed by atoms with E-state index >= 15 is 0 Å². The molecule has 0 spiro atoms. The summed E-state index contributed by atoms with van der Waals surface area (Å²) in [5.74, 6) is 1.54. The molecule has 3 fully saturated rings. The standard InChI is InChI=1S/C13H18N2/c14-13-11-6-12(13)9-15(8-11)7-10-4-2-1-3-5-10/h1-5,11-13H,6-9,14H2/t11-,12-/m0/s1. The highest BCUT2D eigenvalue weighted by Gasteiger charge is 2.44. The summed E-state index contributed by atoms with van der Waals surface area (Å²) in [4.78, 5) is 2.55. The van der Waals surface area contributed by atoms with E-state index < -0.39 is 0 Å². The maximum atomic E-state index is 6.06. The molecule has 2 N–H and O–H groups in total. The lowest BCUT2D eigenvalue weighted by Gasteiger charge is -2.52. The van der Waals surface area contributed by atoms with Crippen LogP contribution in [0.15, 0.2) is 30.3 Å². The van der Waals surface area contributed by atoms with Crippen LogP contribution in [0.5, 0.6) is 0 Å². The van der Waals surface area contributed by atoms with Crippen molar-refractivity contribution in [2.24, 2.45) is 17.6 Å². The molecule has 2 heteroatoms. The summed E-state index contributed by atoms with van der Waals surface area (Å²) in [7, 11) is 0. The molecule has 80 valence electrons. The SMILES string of the molecule is NC1[C@H]2C[C@H]1CN(Cc1ccccc1)C2. The summed E-state index contributed by atoms with van der Waals surface area (Å²) in [6, 6.07) is 11.2. The molecule has 1 saturated carbocycles. The van der Waals surface area contributed by atoms with Crippen LogP contribution in [0, 0.1) is 11.8 Å². The molecule has 2 saturated heterocycles. The minimum absolute atomic E-state index is 0.497. The Morgan fingerprint density at radius 1 is 1.13 bits per heavy atom. The van der Waals surface area contributed by atoms with Gasteiger partial charge in [0.15, 0.2) is 0 Å².